The number of fused-ring (bicyclic) bond motifs is 2. The molecule has 0 radical (unpaired) electrons. The molecule has 0 unspecified atom stereocenters. The number of benzene rings is 1. The number of hydrogen-bond acceptors (Lipinski definition) is 5. The second kappa shape index (κ2) is 6.40. The number of anilines is 2. The molecule has 0 N–H and O–H groups in total. The van der Waals surface area contributed by atoms with Crippen molar-refractivity contribution in [1.29, 1.82) is 0 Å². The monoisotopic (exact) mass is 420 g/mol. The summed E-state index contributed by atoms with van der Waals surface area (Å²) in [7, 11) is 1.67. The molecule has 3 aromatic rings. The van der Waals surface area contributed by atoms with Crippen molar-refractivity contribution in [3.05, 3.63) is 56.0 Å². The second-order valence-corrected chi connectivity index (χ2v) is 6.96. The molecule has 0 bridgehead atoms. The normalized spacial score (nSPS) is 14.4. The maximum Gasteiger partial charge on any atom is 0.349 e. The van der Waals surface area contributed by atoms with E-state index in [0.717, 1.165) is 15.7 Å². The fourth-order valence-corrected chi connectivity index (χ4v) is 3.60. The van der Waals surface area contributed by atoms with Crippen molar-refractivity contribution in [2.75, 3.05) is 18.1 Å². The molecule has 25 heavy (non-hydrogen) atoms. The topological polar surface area (TPSA) is 60.2 Å². The Labute approximate surface area is 157 Å². The smallest absolute Gasteiger partial charge is 0.349 e. The Balaban J connectivity index is 2.03. The molecule has 8 heteroatoms. The van der Waals surface area contributed by atoms with E-state index in [-0.39, 0.29) is 5.69 Å². The van der Waals surface area contributed by atoms with Gasteiger partial charge >= 0.3 is 5.69 Å². The third kappa shape index (κ3) is 2.82. The number of hydrogen-bond donors (Lipinski definition) is 0. The van der Waals surface area contributed by atoms with Crippen molar-refractivity contribution in [1.82, 2.24) is 14.5 Å². The van der Waals surface area contributed by atoms with E-state index in [4.69, 9.17) is 16.3 Å². The van der Waals surface area contributed by atoms with Gasteiger partial charge in [-0.3, -0.25) is 4.57 Å². The second-order valence-electron chi connectivity index (χ2n) is 5.72. The summed E-state index contributed by atoms with van der Waals surface area (Å²) in [5.74, 6) is 0.491. The fourth-order valence-electron chi connectivity index (χ4n) is 2.99. The number of halogens is 2. The van der Waals surface area contributed by atoms with E-state index in [1.165, 1.54) is 4.57 Å². The summed E-state index contributed by atoms with van der Waals surface area (Å²) >= 11 is 9.68. The van der Waals surface area contributed by atoms with Crippen molar-refractivity contribution < 1.29 is 4.74 Å². The summed E-state index contributed by atoms with van der Waals surface area (Å²) in [5.41, 5.74) is 2.88. The Morgan fingerprint density at radius 3 is 2.92 bits per heavy atom. The van der Waals surface area contributed by atoms with Crippen LogP contribution >= 0.6 is 27.5 Å². The van der Waals surface area contributed by atoms with E-state index < -0.39 is 0 Å². The van der Waals surface area contributed by atoms with Crippen LogP contribution in [0.4, 0.5) is 11.5 Å². The number of ether oxygens (including phenoxy) is 1. The summed E-state index contributed by atoms with van der Waals surface area (Å²) in [6.07, 6.45) is 0. The Bertz CT molecular complexity index is 1040. The average Bonchev–Trinajstić information content (AvgIpc) is 2.81. The van der Waals surface area contributed by atoms with Crippen molar-refractivity contribution in [2.24, 2.45) is 7.05 Å². The fraction of sp³-hybridized carbons (Fsp3) is 0.235. The van der Waals surface area contributed by atoms with E-state index in [1.807, 2.05) is 23.1 Å². The summed E-state index contributed by atoms with van der Waals surface area (Å²) in [6, 6.07) is 9.36. The predicted molar refractivity (Wildman–Crippen MR) is 101 cm³/mol. The summed E-state index contributed by atoms with van der Waals surface area (Å²) in [5, 5.41) is 0.356. The molecular weight excluding hydrogens is 408 g/mol. The molecule has 1 aliphatic rings. The SMILES string of the molecule is Cn1c(=O)nc(N2CCOCc3c(Br)cccc32)c2nc(Cl)ccc21. The van der Waals surface area contributed by atoms with Crippen LogP contribution in [0.15, 0.2) is 39.6 Å². The first-order valence-electron chi connectivity index (χ1n) is 7.72. The average molecular weight is 422 g/mol. The molecule has 0 spiro atoms. The van der Waals surface area contributed by atoms with Crippen LogP contribution in [0.1, 0.15) is 5.56 Å². The summed E-state index contributed by atoms with van der Waals surface area (Å²) in [6.45, 7) is 1.57. The lowest BCUT2D eigenvalue weighted by atomic mass is 10.1. The van der Waals surface area contributed by atoms with Gasteiger partial charge in [0.15, 0.2) is 5.82 Å². The highest BCUT2D eigenvalue weighted by atomic mass is 79.9. The first-order valence-corrected chi connectivity index (χ1v) is 8.89. The maximum atomic E-state index is 12.4. The molecule has 128 valence electrons. The minimum absolute atomic E-state index is 0.340. The Morgan fingerprint density at radius 1 is 1.24 bits per heavy atom. The van der Waals surface area contributed by atoms with Crippen molar-refractivity contribution in [3.63, 3.8) is 0 Å². The highest BCUT2D eigenvalue weighted by Gasteiger charge is 2.23. The molecule has 1 aromatic carbocycles. The van der Waals surface area contributed by atoms with Crippen LogP contribution < -0.4 is 10.6 Å². The molecule has 3 heterocycles. The molecule has 0 atom stereocenters. The molecule has 0 amide bonds. The van der Waals surface area contributed by atoms with Gasteiger partial charge < -0.3 is 9.64 Å². The molecule has 1 aliphatic heterocycles. The summed E-state index contributed by atoms with van der Waals surface area (Å²) < 4.78 is 8.14. The van der Waals surface area contributed by atoms with Gasteiger partial charge in [0.2, 0.25) is 0 Å². The third-order valence-corrected chi connectivity index (χ3v) is 5.20. The molecule has 0 aliphatic carbocycles. The Hall–Kier alpha value is -1.96. The van der Waals surface area contributed by atoms with Gasteiger partial charge in [-0.05, 0) is 24.3 Å². The Morgan fingerprint density at radius 2 is 2.08 bits per heavy atom. The number of aromatic nitrogens is 3. The molecule has 0 fully saturated rings. The van der Waals surface area contributed by atoms with Gasteiger partial charge in [0.1, 0.15) is 10.7 Å². The maximum absolute atomic E-state index is 12.4. The van der Waals surface area contributed by atoms with Crippen molar-refractivity contribution in [2.45, 2.75) is 6.61 Å². The molecule has 0 saturated heterocycles. The number of rotatable bonds is 1. The van der Waals surface area contributed by atoms with Gasteiger partial charge in [0.05, 0.1) is 18.7 Å². The van der Waals surface area contributed by atoms with E-state index in [0.29, 0.717) is 41.8 Å². The first kappa shape index (κ1) is 16.5. The molecular formula is C17H14BrClN4O2. The van der Waals surface area contributed by atoms with Gasteiger partial charge in [-0.15, -0.1) is 0 Å². The van der Waals surface area contributed by atoms with Crippen molar-refractivity contribution >= 4 is 50.1 Å². The molecule has 6 nitrogen and oxygen atoms in total. The van der Waals surface area contributed by atoms with E-state index >= 15 is 0 Å². The quantitative estimate of drug-likeness (QED) is 0.564. The predicted octanol–water partition coefficient (Wildman–Crippen LogP) is 3.41. The largest absolute Gasteiger partial charge is 0.375 e. The van der Waals surface area contributed by atoms with E-state index in [9.17, 15) is 4.79 Å². The lowest BCUT2D eigenvalue weighted by molar-refractivity contribution is 0.133. The van der Waals surface area contributed by atoms with Crippen LogP contribution in [0.5, 0.6) is 0 Å². The Kier molecular flexibility index (Phi) is 4.23. The zero-order valence-electron chi connectivity index (χ0n) is 13.4. The third-order valence-electron chi connectivity index (χ3n) is 4.25. The molecule has 4 rings (SSSR count). The number of aryl methyl sites for hydroxylation is 1. The minimum Gasteiger partial charge on any atom is -0.375 e. The minimum atomic E-state index is -0.340. The van der Waals surface area contributed by atoms with Crippen LogP contribution in [-0.4, -0.2) is 27.7 Å². The summed E-state index contributed by atoms with van der Waals surface area (Å²) in [4.78, 5) is 23.0. The first-order chi connectivity index (χ1) is 12.1. The van der Waals surface area contributed by atoms with Gasteiger partial charge in [-0.2, -0.15) is 4.98 Å². The zero-order valence-corrected chi connectivity index (χ0v) is 15.7. The molecule has 2 aromatic heterocycles. The van der Waals surface area contributed by atoms with Gasteiger partial charge in [0.25, 0.3) is 0 Å². The van der Waals surface area contributed by atoms with Crippen LogP contribution in [0.3, 0.4) is 0 Å². The zero-order chi connectivity index (χ0) is 17.6. The van der Waals surface area contributed by atoms with Crippen LogP contribution in [0.25, 0.3) is 11.0 Å². The van der Waals surface area contributed by atoms with E-state index in [1.54, 1.807) is 19.2 Å². The van der Waals surface area contributed by atoms with E-state index in [2.05, 4.69) is 25.9 Å². The van der Waals surface area contributed by atoms with Crippen LogP contribution in [-0.2, 0) is 18.4 Å². The number of pyridine rings is 1. The highest BCUT2D eigenvalue weighted by Crippen LogP contribution is 2.36. The van der Waals surface area contributed by atoms with Gasteiger partial charge in [0, 0.05) is 29.3 Å². The van der Waals surface area contributed by atoms with Crippen LogP contribution in [0.2, 0.25) is 5.15 Å². The highest BCUT2D eigenvalue weighted by molar-refractivity contribution is 9.10. The van der Waals surface area contributed by atoms with Crippen LogP contribution in [0, 0.1) is 0 Å². The molecule has 0 saturated carbocycles. The lowest BCUT2D eigenvalue weighted by Gasteiger charge is -2.24. The number of nitrogens with zero attached hydrogens (tertiary/aromatic N) is 4. The van der Waals surface area contributed by atoms with Gasteiger partial charge in [-0.25, -0.2) is 9.78 Å². The standard InChI is InChI=1S/C17H14BrClN4O2/c1-22-13-5-6-14(19)20-15(13)16(21-17(22)24)23-7-8-25-9-10-11(18)3-2-4-12(10)23/h2-6H,7-9H2,1H3. The van der Waals surface area contributed by atoms with Gasteiger partial charge in [-0.1, -0.05) is 33.6 Å². The lowest BCUT2D eigenvalue weighted by Crippen LogP contribution is -2.28. The van der Waals surface area contributed by atoms with Crippen molar-refractivity contribution in [3.8, 4) is 0 Å².